The highest BCUT2D eigenvalue weighted by atomic mass is 32.2. The predicted octanol–water partition coefficient (Wildman–Crippen LogP) is 3.49. The molecule has 1 amide bonds. The van der Waals surface area contributed by atoms with Gasteiger partial charge in [0.2, 0.25) is 15.9 Å². The highest BCUT2D eigenvalue weighted by Crippen LogP contribution is 2.38. The maximum Gasteiger partial charge on any atom is 0.243 e. The first-order chi connectivity index (χ1) is 12.8. The lowest BCUT2D eigenvalue weighted by Gasteiger charge is -2.25. The van der Waals surface area contributed by atoms with Gasteiger partial charge in [-0.15, -0.1) is 0 Å². The van der Waals surface area contributed by atoms with Crippen molar-refractivity contribution in [2.45, 2.75) is 37.6 Å². The van der Waals surface area contributed by atoms with Gasteiger partial charge in [0.25, 0.3) is 0 Å². The standard InChI is InChI=1S/C20H24N2O4S/c1-14-6-8-16(9-7-14)19-5-4-12-22(19)27(24,25)17-10-11-20(26-3)18(13-17)21-15(2)23/h6-11,13,19H,4-5,12H2,1-3H3,(H,21,23)/t19-/m0/s1. The number of sulfonamides is 1. The molecule has 0 unspecified atom stereocenters. The number of carbonyl (C=O) groups excluding carboxylic acids is 1. The minimum Gasteiger partial charge on any atom is -0.495 e. The molecule has 0 bridgehead atoms. The van der Waals surface area contributed by atoms with Crippen LogP contribution in [0.25, 0.3) is 0 Å². The van der Waals surface area contributed by atoms with Crippen molar-refractivity contribution in [3.8, 4) is 5.75 Å². The minimum atomic E-state index is -3.70. The van der Waals surface area contributed by atoms with Gasteiger partial charge in [-0.3, -0.25) is 4.79 Å². The fourth-order valence-electron chi connectivity index (χ4n) is 3.42. The van der Waals surface area contributed by atoms with E-state index < -0.39 is 10.0 Å². The molecule has 1 saturated heterocycles. The minimum absolute atomic E-state index is 0.145. The number of nitrogens with one attached hydrogen (secondary N) is 1. The SMILES string of the molecule is COc1ccc(S(=O)(=O)N2CCC[C@H]2c2ccc(C)cc2)cc1NC(C)=O. The molecule has 0 spiro atoms. The van der Waals surface area contributed by atoms with E-state index in [-0.39, 0.29) is 16.8 Å². The number of ether oxygens (including phenoxy) is 1. The number of carbonyl (C=O) groups is 1. The molecule has 144 valence electrons. The summed E-state index contributed by atoms with van der Waals surface area (Å²) in [6.07, 6.45) is 1.60. The van der Waals surface area contributed by atoms with E-state index in [1.165, 1.54) is 26.2 Å². The second kappa shape index (κ2) is 7.70. The zero-order valence-electron chi connectivity index (χ0n) is 15.7. The van der Waals surface area contributed by atoms with Gasteiger partial charge in [0, 0.05) is 13.5 Å². The van der Waals surface area contributed by atoms with Crippen molar-refractivity contribution in [2.24, 2.45) is 0 Å². The summed E-state index contributed by atoms with van der Waals surface area (Å²) in [6.45, 7) is 3.85. The number of rotatable bonds is 5. The molecule has 7 heteroatoms. The fourth-order valence-corrected chi connectivity index (χ4v) is 5.13. The Morgan fingerprint density at radius 3 is 2.52 bits per heavy atom. The maximum absolute atomic E-state index is 13.3. The third-order valence-electron chi connectivity index (χ3n) is 4.75. The van der Waals surface area contributed by atoms with E-state index in [1.54, 1.807) is 10.4 Å². The van der Waals surface area contributed by atoms with Crippen LogP contribution in [0.3, 0.4) is 0 Å². The summed E-state index contributed by atoms with van der Waals surface area (Å²) in [5, 5.41) is 2.63. The highest BCUT2D eigenvalue weighted by molar-refractivity contribution is 7.89. The van der Waals surface area contributed by atoms with Gasteiger partial charge >= 0.3 is 0 Å². The van der Waals surface area contributed by atoms with Crippen LogP contribution in [-0.2, 0) is 14.8 Å². The largest absolute Gasteiger partial charge is 0.495 e. The van der Waals surface area contributed by atoms with Gasteiger partial charge in [0.15, 0.2) is 0 Å². The lowest BCUT2D eigenvalue weighted by atomic mass is 10.0. The molecular formula is C20H24N2O4S. The molecule has 2 aromatic rings. The van der Waals surface area contributed by atoms with Crippen LogP contribution < -0.4 is 10.1 Å². The molecule has 27 heavy (non-hydrogen) atoms. The molecule has 0 aromatic heterocycles. The number of methoxy groups -OCH3 is 1. The van der Waals surface area contributed by atoms with Crippen molar-refractivity contribution in [2.75, 3.05) is 19.0 Å². The highest BCUT2D eigenvalue weighted by Gasteiger charge is 2.36. The normalized spacial score (nSPS) is 17.7. The molecule has 1 N–H and O–H groups in total. The van der Waals surface area contributed by atoms with Crippen LogP contribution in [0.4, 0.5) is 5.69 Å². The third-order valence-corrected chi connectivity index (χ3v) is 6.66. The van der Waals surface area contributed by atoms with Gasteiger partial charge in [0.05, 0.1) is 23.7 Å². The number of hydrogen-bond acceptors (Lipinski definition) is 4. The molecule has 0 saturated carbocycles. The number of hydrogen-bond donors (Lipinski definition) is 1. The monoisotopic (exact) mass is 388 g/mol. The van der Waals surface area contributed by atoms with Gasteiger partial charge in [-0.1, -0.05) is 29.8 Å². The first kappa shape index (κ1) is 19.4. The molecule has 2 aromatic carbocycles. The van der Waals surface area contributed by atoms with E-state index in [1.807, 2.05) is 31.2 Å². The molecule has 1 aliphatic rings. The fraction of sp³-hybridized carbons (Fsp3) is 0.350. The Bertz CT molecular complexity index is 939. The Labute approximate surface area is 160 Å². The van der Waals surface area contributed by atoms with Gasteiger partial charge in [0.1, 0.15) is 5.75 Å². The van der Waals surface area contributed by atoms with Gasteiger partial charge in [-0.25, -0.2) is 8.42 Å². The molecule has 3 rings (SSSR count). The summed E-state index contributed by atoms with van der Waals surface area (Å²) < 4.78 is 33.4. The molecule has 1 atom stereocenters. The second-order valence-corrected chi connectivity index (χ2v) is 8.62. The van der Waals surface area contributed by atoms with Crippen molar-refractivity contribution < 1.29 is 17.9 Å². The van der Waals surface area contributed by atoms with E-state index in [4.69, 9.17) is 4.74 Å². The van der Waals surface area contributed by atoms with Crippen molar-refractivity contribution in [1.82, 2.24) is 4.31 Å². The Morgan fingerprint density at radius 1 is 1.19 bits per heavy atom. The van der Waals surface area contributed by atoms with E-state index in [0.717, 1.165) is 24.0 Å². The summed E-state index contributed by atoms with van der Waals surface area (Å²) in [7, 11) is -2.23. The predicted molar refractivity (Wildman–Crippen MR) is 104 cm³/mol. The van der Waals surface area contributed by atoms with Crippen LogP contribution >= 0.6 is 0 Å². The van der Waals surface area contributed by atoms with Crippen molar-refractivity contribution >= 4 is 21.6 Å². The zero-order valence-corrected chi connectivity index (χ0v) is 16.5. The Balaban J connectivity index is 1.97. The second-order valence-electron chi connectivity index (χ2n) is 6.73. The number of nitrogens with zero attached hydrogens (tertiary/aromatic N) is 1. The first-order valence-electron chi connectivity index (χ1n) is 8.87. The quantitative estimate of drug-likeness (QED) is 0.851. The van der Waals surface area contributed by atoms with Crippen molar-refractivity contribution in [3.05, 3.63) is 53.6 Å². The molecule has 1 aliphatic heterocycles. The molecule has 0 aliphatic carbocycles. The maximum atomic E-state index is 13.3. The molecule has 6 nitrogen and oxygen atoms in total. The average Bonchev–Trinajstić information content (AvgIpc) is 3.12. The Hall–Kier alpha value is -2.38. The summed E-state index contributed by atoms with van der Waals surface area (Å²) in [5.41, 5.74) is 2.48. The molecule has 0 radical (unpaired) electrons. The molecule has 1 fully saturated rings. The van der Waals surface area contributed by atoms with Crippen molar-refractivity contribution in [3.63, 3.8) is 0 Å². The first-order valence-corrected chi connectivity index (χ1v) is 10.3. The van der Waals surface area contributed by atoms with Gasteiger partial charge < -0.3 is 10.1 Å². The summed E-state index contributed by atoms with van der Waals surface area (Å²) in [5.74, 6) is 0.127. The Kier molecular flexibility index (Phi) is 5.53. The van der Waals surface area contributed by atoms with E-state index >= 15 is 0 Å². The van der Waals surface area contributed by atoms with Crippen LogP contribution in [0, 0.1) is 6.92 Å². The van der Waals surface area contributed by atoms with E-state index in [2.05, 4.69) is 5.32 Å². The Morgan fingerprint density at radius 2 is 1.89 bits per heavy atom. The van der Waals surface area contributed by atoms with E-state index in [0.29, 0.717) is 18.0 Å². The number of aryl methyl sites for hydroxylation is 1. The topological polar surface area (TPSA) is 75.7 Å². The molecule has 1 heterocycles. The number of anilines is 1. The summed E-state index contributed by atoms with van der Waals surface area (Å²) in [4.78, 5) is 11.6. The van der Waals surface area contributed by atoms with Gasteiger partial charge in [-0.05, 0) is 43.5 Å². The lowest BCUT2D eigenvalue weighted by Crippen LogP contribution is -2.30. The van der Waals surface area contributed by atoms with Gasteiger partial charge in [-0.2, -0.15) is 4.31 Å². The van der Waals surface area contributed by atoms with Crippen LogP contribution in [0.5, 0.6) is 5.75 Å². The van der Waals surface area contributed by atoms with Crippen LogP contribution in [0.2, 0.25) is 0 Å². The van der Waals surface area contributed by atoms with Crippen LogP contribution in [0.1, 0.15) is 36.9 Å². The lowest BCUT2D eigenvalue weighted by molar-refractivity contribution is -0.114. The number of amides is 1. The number of benzene rings is 2. The summed E-state index contributed by atoms with van der Waals surface area (Å²) >= 11 is 0. The van der Waals surface area contributed by atoms with Crippen LogP contribution in [0.15, 0.2) is 47.4 Å². The average molecular weight is 388 g/mol. The summed E-state index contributed by atoms with van der Waals surface area (Å²) in [6, 6.07) is 12.3. The smallest absolute Gasteiger partial charge is 0.243 e. The molecular weight excluding hydrogens is 364 g/mol. The van der Waals surface area contributed by atoms with Crippen molar-refractivity contribution in [1.29, 1.82) is 0 Å². The zero-order chi connectivity index (χ0) is 19.6. The van der Waals surface area contributed by atoms with Crippen LogP contribution in [-0.4, -0.2) is 32.3 Å². The third kappa shape index (κ3) is 3.99. The van der Waals surface area contributed by atoms with E-state index in [9.17, 15) is 13.2 Å².